The van der Waals surface area contributed by atoms with Crippen molar-refractivity contribution in [2.45, 2.75) is 34.6 Å². The van der Waals surface area contributed by atoms with Gasteiger partial charge >= 0.3 is 0 Å². The van der Waals surface area contributed by atoms with Gasteiger partial charge in [-0.25, -0.2) is 4.90 Å². The molecule has 0 saturated carbocycles. The third kappa shape index (κ3) is 3.94. The van der Waals surface area contributed by atoms with E-state index < -0.39 is 0 Å². The van der Waals surface area contributed by atoms with E-state index in [9.17, 15) is 9.59 Å². The molecule has 1 aliphatic heterocycles. The van der Waals surface area contributed by atoms with Gasteiger partial charge in [-0.2, -0.15) is 0 Å². The molecule has 1 aliphatic rings. The fourth-order valence-corrected chi connectivity index (χ4v) is 4.34. The minimum Gasteiger partial charge on any atom is -0.350 e. The number of carbonyl (C=O) groups is 2. The Bertz CT molecular complexity index is 1290. The average Bonchev–Trinajstić information content (AvgIpc) is 2.94. The Kier molecular flexibility index (Phi) is 5.66. The molecule has 4 rings (SSSR count). The Balaban J connectivity index is 1.90. The van der Waals surface area contributed by atoms with Crippen LogP contribution < -0.4 is 10.2 Å². The molecule has 0 radical (unpaired) electrons. The van der Waals surface area contributed by atoms with Crippen LogP contribution in [0.2, 0.25) is 5.02 Å². The summed E-state index contributed by atoms with van der Waals surface area (Å²) in [4.78, 5) is 28.6. The van der Waals surface area contributed by atoms with Crippen LogP contribution in [0.4, 0.5) is 11.4 Å². The molecule has 3 aromatic carbocycles. The van der Waals surface area contributed by atoms with Crippen LogP contribution in [0.5, 0.6) is 0 Å². The van der Waals surface area contributed by atoms with Crippen LogP contribution in [-0.2, 0) is 9.59 Å². The number of imide groups is 1. The molecule has 0 unspecified atom stereocenters. The van der Waals surface area contributed by atoms with Gasteiger partial charge < -0.3 is 5.32 Å². The zero-order valence-corrected chi connectivity index (χ0v) is 19.6. The summed E-state index contributed by atoms with van der Waals surface area (Å²) in [5.41, 5.74) is 7.55. The average molecular weight is 445 g/mol. The highest BCUT2D eigenvalue weighted by molar-refractivity contribution is 6.46. The molecule has 0 fully saturated rings. The maximum atomic E-state index is 13.7. The van der Waals surface area contributed by atoms with Gasteiger partial charge in [-0.15, -0.1) is 0 Å². The summed E-state index contributed by atoms with van der Waals surface area (Å²) in [5, 5.41) is 3.78. The molecule has 2 amide bonds. The molecule has 162 valence electrons. The van der Waals surface area contributed by atoms with E-state index in [2.05, 4.69) is 5.32 Å². The summed E-state index contributed by atoms with van der Waals surface area (Å²) >= 11 is 6.20. The number of halogens is 1. The van der Waals surface area contributed by atoms with Crippen LogP contribution in [0.3, 0.4) is 0 Å². The lowest BCUT2D eigenvalue weighted by Crippen LogP contribution is -2.32. The molecule has 3 aromatic rings. The van der Waals surface area contributed by atoms with Crippen molar-refractivity contribution in [1.29, 1.82) is 0 Å². The maximum absolute atomic E-state index is 13.7. The first-order chi connectivity index (χ1) is 15.2. The molecule has 0 saturated heterocycles. The van der Waals surface area contributed by atoms with E-state index in [1.54, 1.807) is 12.1 Å². The van der Waals surface area contributed by atoms with Crippen molar-refractivity contribution < 1.29 is 9.59 Å². The van der Waals surface area contributed by atoms with E-state index in [1.165, 1.54) is 4.90 Å². The lowest BCUT2D eigenvalue weighted by Gasteiger charge is -2.17. The fourth-order valence-electron chi connectivity index (χ4n) is 4.17. The molecule has 4 nitrogen and oxygen atoms in total. The third-order valence-electron chi connectivity index (χ3n) is 5.66. The predicted molar refractivity (Wildman–Crippen MR) is 131 cm³/mol. The van der Waals surface area contributed by atoms with Crippen molar-refractivity contribution in [2.24, 2.45) is 0 Å². The Hall–Kier alpha value is -3.37. The van der Waals surface area contributed by atoms with Crippen LogP contribution in [0, 0.1) is 34.6 Å². The zero-order valence-electron chi connectivity index (χ0n) is 18.8. The molecule has 0 atom stereocenters. The normalized spacial score (nSPS) is 13.9. The van der Waals surface area contributed by atoms with Gasteiger partial charge in [-0.05, 0) is 86.7 Å². The van der Waals surface area contributed by atoms with Crippen LogP contribution in [-0.4, -0.2) is 11.8 Å². The van der Waals surface area contributed by atoms with Crippen LogP contribution >= 0.6 is 11.6 Å². The lowest BCUT2D eigenvalue weighted by molar-refractivity contribution is -0.120. The Labute approximate surface area is 193 Å². The number of nitrogens with zero attached hydrogens (tertiary/aromatic N) is 1. The van der Waals surface area contributed by atoms with Gasteiger partial charge in [0.15, 0.2) is 0 Å². The van der Waals surface area contributed by atoms with Crippen molar-refractivity contribution in [1.82, 2.24) is 0 Å². The summed E-state index contributed by atoms with van der Waals surface area (Å²) in [7, 11) is 0. The number of benzene rings is 3. The van der Waals surface area contributed by atoms with E-state index in [-0.39, 0.29) is 17.5 Å². The Morgan fingerprint density at radius 2 is 1.41 bits per heavy atom. The Morgan fingerprint density at radius 3 is 2.06 bits per heavy atom. The summed E-state index contributed by atoms with van der Waals surface area (Å²) < 4.78 is 0. The molecule has 0 spiro atoms. The predicted octanol–water partition coefficient (Wildman–Crippen LogP) is 6.28. The van der Waals surface area contributed by atoms with Gasteiger partial charge in [0.05, 0.1) is 11.3 Å². The Morgan fingerprint density at radius 1 is 0.719 bits per heavy atom. The maximum Gasteiger partial charge on any atom is 0.282 e. The van der Waals surface area contributed by atoms with Gasteiger partial charge in [0.25, 0.3) is 11.8 Å². The number of hydrogen-bond donors (Lipinski definition) is 1. The number of rotatable bonds is 4. The van der Waals surface area contributed by atoms with Gasteiger partial charge in [0.1, 0.15) is 5.70 Å². The van der Waals surface area contributed by atoms with E-state index in [4.69, 9.17) is 11.6 Å². The minimum absolute atomic E-state index is 0.256. The first kappa shape index (κ1) is 21.8. The van der Waals surface area contributed by atoms with Crippen molar-refractivity contribution in [3.8, 4) is 0 Å². The van der Waals surface area contributed by atoms with Crippen molar-refractivity contribution in [3.05, 3.63) is 98.7 Å². The van der Waals surface area contributed by atoms with E-state index in [1.807, 2.05) is 77.1 Å². The quantitative estimate of drug-likeness (QED) is 0.482. The summed E-state index contributed by atoms with van der Waals surface area (Å²) in [6.45, 7) is 9.79. The summed E-state index contributed by atoms with van der Waals surface area (Å²) in [5.74, 6) is -0.719. The zero-order chi connectivity index (χ0) is 23.2. The van der Waals surface area contributed by atoms with E-state index >= 15 is 0 Å². The van der Waals surface area contributed by atoms with Crippen LogP contribution in [0.15, 0.2) is 60.3 Å². The first-order valence-electron chi connectivity index (χ1n) is 10.5. The van der Waals surface area contributed by atoms with Gasteiger partial charge in [0, 0.05) is 10.7 Å². The number of nitrogens with one attached hydrogen (secondary N) is 1. The molecule has 0 aromatic heterocycles. The molecule has 1 N–H and O–H groups in total. The van der Waals surface area contributed by atoms with Gasteiger partial charge in [-0.1, -0.05) is 47.5 Å². The van der Waals surface area contributed by atoms with E-state index in [0.29, 0.717) is 22.0 Å². The number of amides is 2. The van der Waals surface area contributed by atoms with Crippen LogP contribution in [0.1, 0.15) is 33.4 Å². The van der Waals surface area contributed by atoms with Crippen LogP contribution in [0.25, 0.3) is 5.57 Å². The number of anilines is 2. The molecular weight excluding hydrogens is 420 g/mol. The molecule has 1 heterocycles. The SMILES string of the molecule is Cc1cc(C)cc(N2C(=O)C(Nc3cc(Cl)ccc3C)=C(c3ccc(C)cc3C)C2=O)c1. The van der Waals surface area contributed by atoms with Gasteiger partial charge in [0.2, 0.25) is 0 Å². The monoisotopic (exact) mass is 444 g/mol. The topological polar surface area (TPSA) is 49.4 Å². The van der Waals surface area contributed by atoms with Gasteiger partial charge in [-0.3, -0.25) is 9.59 Å². The standard InChI is InChI=1S/C27H25ClN2O2/c1-15-6-9-22(19(5)11-15)24-25(29-23-14-20(28)8-7-18(23)4)27(32)30(26(24)31)21-12-16(2)10-17(3)13-21/h6-14,29H,1-5H3. The molecular formula is C27H25ClN2O2. The highest BCUT2D eigenvalue weighted by Gasteiger charge is 2.41. The molecule has 0 aliphatic carbocycles. The second-order valence-corrected chi connectivity index (χ2v) is 8.88. The third-order valence-corrected chi connectivity index (χ3v) is 5.89. The van der Waals surface area contributed by atoms with Crippen molar-refractivity contribution >= 4 is 40.4 Å². The number of aryl methyl sites for hydroxylation is 5. The smallest absolute Gasteiger partial charge is 0.282 e. The molecule has 32 heavy (non-hydrogen) atoms. The summed E-state index contributed by atoms with van der Waals surface area (Å²) in [6.07, 6.45) is 0. The van der Waals surface area contributed by atoms with E-state index in [0.717, 1.165) is 33.4 Å². The molecule has 5 heteroatoms. The molecule has 0 bridgehead atoms. The largest absolute Gasteiger partial charge is 0.350 e. The van der Waals surface area contributed by atoms with Crippen molar-refractivity contribution in [2.75, 3.05) is 10.2 Å². The second kappa shape index (κ2) is 8.29. The lowest BCUT2D eigenvalue weighted by atomic mass is 9.97. The second-order valence-electron chi connectivity index (χ2n) is 8.44. The minimum atomic E-state index is -0.380. The number of hydrogen-bond acceptors (Lipinski definition) is 3. The highest BCUT2D eigenvalue weighted by Crippen LogP contribution is 2.36. The number of carbonyl (C=O) groups excluding carboxylic acids is 2. The first-order valence-corrected chi connectivity index (χ1v) is 10.9. The van der Waals surface area contributed by atoms with Crippen molar-refractivity contribution in [3.63, 3.8) is 0 Å². The summed E-state index contributed by atoms with van der Waals surface area (Å²) in [6, 6.07) is 17.0. The fraction of sp³-hybridized carbons (Fsp3) is 0.185. The highest BCUT2D eigenvalue weighted by atomic mass is 35.5.